The van der Waals surface area contributed by atoms with Crippen molar-refractivity contribution in [3.8, 4) is 0 Å². The molecule has 0 saturated carbocycles. The quantitative estimate of drug-likeness (QED) is 0.862. The lowest BCUT2D eigenvalue weighted by Gasteiger charge is -2.39. The van der Waals surface area contributed by atoms with Crippen LogP contribution in [0.25, 0.3) is 0 Å². The Morgan fingerprint density at radius 2 is 1.96 bits per heavy atom. The second-order valence-electron chi connectivity index (χ2n) is 7.13. The molecule has 2 aliphatic rings. The Morgan fingerprint density at radius 1 is 1.27 bits per heavy atom. The maximum atomic E-state index is 13.8. The highest BCUT2D eigenvalue weighted by Gasteiger charge is 2.35. The van der Waals surface area contributed by atoms with E-state index < -0.39 is 6.04 Å². The summed E-state index contributed by atoms with van der Waals surface area (Å²) in [6.45, 7) is 7.45. The van der Waals surface area contributed by atoms with Crippen LogP contribution in [0.15, 0.2) is 24.3 Å². The average molecular weight is 380 g/mol. The van der Waals surface area contributed by atoms with E-state index in [0.717, 1.165) is 13.1 Å². The van der Waals surface area contributed by atoms with E-state index in [0.29, 0.717) is 36.9 Å². The van der Waals surface area contributed by atoms with E-state index in [9.17, 15) is 14.0 Å². The molecule has 1 aromatic rings. The fourth-order valence-corrected chi connectivity index (χ4v) is 4.59. The first-order chi connectivity index (χ1) is 12.5. The lowest BCUT2D eigenvalue weighted by molar-refractivity contribution is -0.137. The minimum atomic E-state index is -0.477. The van der Waals surface area contributed by atoms with Crippen molar-refractivity contribution in [1.82, 2.24) is 15.1 Å². The van der Waals surface area contributed by atoms with Crippen LogP contribution >= 0.6 is 11.8 Å². The highest BCUT2D eigenvalue weighted by molar-refractivity contribution is 8.00. The number of hydrogen-bond donors (Lipinski definition) is 1. The van der Waals surface area contributed by atoms with E-state index in [-0.39, 0.29) is 22.9 Å². The van der Waals surface area contributed by atoms with Crippen molar-refractivity contribution in [2.24, 2.45) is 0 Å². The molecule has 2 heterocycles. The molecule has 0 bridgehead atoms. The Labute approximate surface area is 158 Å². The Kier molecular flexibility index (Phi) is 6.19. The molecule has 1 N–H and O–H groups in total. The molecule has 1 aromatic carbocycles. The van der Waals surface area contributed by atoms with E-state index in [4.69, 9.17) is 0 Å². The number of nitrogens with zero attached hydrogens (tertiary/aromatic N) is 2. The number of rotatable bonds is 4. The standard InChI is InChI=1S/C19H26FN3O2S/c1-13(2)22-7-9-23(10-8-22)19(25)16-12-26-17(18(24)21-16)11-14-5-3-4-6-15(14)20/h3-6,13,16-17H,7-12H2,1-2H3,(H,21,24). The Bertz CT molecular complexity index is 662. The first kappa shape index (κ1) is 19.2. The van der Waals surface area contributed by atoms with Gasteiger partial charge in [0.15, 0.2) is 0 Å². The van der Waals surface area contributed by atoms with Gasteiger partial charge in [0.05, 0.1) is 5.25 Å². The maximum absolute atomic E-state index is 13.8. The van der Waals surface area contributed by atoms with E-state index in [1.165, 1.54) is 17.8 Å². The van der Waals surface area contributed by atoms with Gasteiger partial charge in [-0.1, -0.05) is 18.2 Å². The topological polar surface area (TPSA) is 52.7 Å². The molecule has 2 fully saturated rings. The minimum Gasteiger partial charge on any atom is -0.343 e. The zero-order valence-electron chi connectivity index (χ0n) is 15.3. The van der Waals surface area contributed by atoms with Crippen LogP contribution in [0.3, 0.4) is 0 Å². The molecule has 7 heteroatoms. The van der Waals surface area contributed by atoms with Crippen LogP contribution in [-0.4, -0.2) is 70.9 Å². The van der Waals surface area contributed by atoms with Gasteiger partial charge in [-0.15, -0.1) is 11.8 Å². The van der Waals surface area contributed by atoms with Crippen LogP contribution in [0.2, 0.25) is 0 Å². The number of halogens is 1. The zero-order valence-corrected chi connectivity index (χ0v) is 16.1. The summed E-state index contributed by atoms with van der Waals surface area (Å²) < 4.78 is 13.8. The predicted octanol–water partition coefficient (Wildman–Crippen LogP) is 1.52. The van der Waals surface area contributed by atoms with Gasteiger partial charge in [0.2, 0.25) is 11.8 Å². The van der Waals surface area contributed by atoms with Crippen LogP contribution in [-0.2, 0) is 16.0 Å². The molecule has 5 nitrogen and oxygen atoms in total. The molecule has 26 heavy (non-hydrogen) atoms. The largest absolute Gasteiger partial charge is 0.343 e. The Balaban J connectivity index is 1.53. The molecule has 2 amide bonds. The third kappa shape index (κ3) is 4.38. The van der Waals surface area contributed by atoms with Crippen molar-refractivity contribution >= 4 is 23.6 Å². The van der Waals surface area contributed by atoms with Gasteiger partial charge < -0.3 is 10.2 Å². The summed E-state index contributed by atoms with van der Waals surface area (Å²) in [5.74, 6) is 0.0676. The third-order valence-corrected chi connectivity index (χ3v) is 6.40. The van der Waals surface area contributed by atoms with E-state index in [2.05, 4.69) is 24.1 Å². The molecule has 2 aliphatic heterocycles. The van der Waals surface area contributed by atoms with E-state index in [1.807, 2.05) is 4.90 Å². The van der Waals surface area contributed by atoms with Crippen LogP contribution < -0.4 is 5.32 Å². The van der Waals surface area contributed by atoms with Gasteiger partial charge in [0.1, 0.15) is 11.9 Å². The van der Waals surface area contributed by atoms with Gasteiger partial charge >= 0.3 is 0 Å². The first-order valence-electron chi connectivity index (χ1n) is 9.14. The monoisotopic (exact) mass is 379 g/mol. The van der Waals surface area contributed by atoms with Crippen molar-refractivity contribution in [3.63, 3.8) is 0 Å². The molecule has 2 atom stereocenters. The summed E-state index contributed by atoms with van der Waals surface area (Å²) in [4.78, 5) is 29.3. The van der Waals surface area contributed by atoms with Crippen molar-refractivity contribution < 1.29 is 14.0 Å². The lowest BCUT2D eigenvalue weighted by Crippen LogP contribution is -2.59. The third-order valence-electron chi connectivity index (χ3n) is 5.09. The number of thioether (sulfide) groups is 1. The van der Waals surface area contributed by atoms with Gasteiger partial charge in [-0.25, -0.2) is 4.39 Å². The van der Waals surface area contributed by atoms with Gasteiger partial charge in [0, 0.05) is 38.0 Å². The molecule has 2 saturated heterocycles. The predicted molar refractivity (Wildman–Crippen MR) is 102 cm³/mol. The number of hydrogen-bond acceptors (Lipinski definition) is 4. The van der Waals surface area contributed by atoms with Crippen molar-refractivity contribution in [2.45, 2.75) is 37.6 Å². The minimum absolute atomic E-state index is 0.00130. The number of carbonyl (C=O) groups is 2. The molecule has 0 spiro atoms. The van der Waals surface area contributed by atoms with Crippen LogP contribution in [0.1, 0.15) is 19.4 Å². The Morgan fingerprint density at radius 3 is 2.58 bits per heavy atom. The van der Waals surface area contributed by atoms with Gasteiger partial charge in [-0.3, -0.25) is 14.5 Å². The smallest absolute Gasteiger partial charge is 0.246 e. The number of benzene rings is 1. The van der Waals surface area contributed by atoms with Crippen LogP contribution in [0, 0.1) is 5.82 Å². The molecule has 2 unspecified atom stereocenters. The molecule has 142 valence electrons. The summed E-state index contributed by atoms with van der Waals surface area (Å²) in [5.41, 5.74) is 0.537. The first-order valence-corrected chi connectivity index (χ1v) is 10.2. The fourth-order valence-electron chi connectivity index (χ4n) is 3.42. The number of carbonyl (C=O) groups excluding carboxylic acids is 2. The number of piperazine rings is 1. The molecular weight excluding hydrogens is 353 g/mol. The Hall–Kier alpha value is -1.60. The highest BCUT2D eigenvalue weighted by Crippen LogP contribution is 2.24. The SMILES string of the molecule is CC(C)N1CCN(C(=O)C2CSC(Cc3ccccc3F)C(=O)N2)CC1. The van der Waals surface area contributed by atoms with Crippen molar-refractivity contribution in [1.29, 1.82) is 0 Å². The van der Waals surface area contributed by atoms with Crippen molar-refractivity contribution in [3.05, 3.63) is 35.6 Å². The van der Waals surface area contributed by atoms with Crippen molar-refractivity contribution in [2.75, 3.05) is 31.9 Å². The molecular formula is C19H26FN3O2S. The second-order valence-corrected chi connectivity index (χ2v) is 8.37. The summed E-state index contributed by atoms with van der Waals surface area (Å²) in [5, 5.41) is 2.50. The average Bonchev–Trinajstić information content (AvgIpc) is 2.64. The van der Waals surface area contributed by atoms with Crippen LogP contribution in [0.5, 0.6) is 0 Å². The summed E-state index contributed by atoms with van der Waals surface area (Å²) in [6, 6.07) is 6.53. The summed E-state index contributed by atoms with van der Waals surface area (Å²) in [7, 11) is 0. The molecule has 3 rings (SSSR count). The number of nitrogens with one attached hydrogen (secondary N) is 1. The maximum Gasteiger partial charge on any atom is 0.246 e. The normalized spacial score (nSPS) is 24.6. The fraction of sp³-hybridized carbons (Fsp3) is 0.579. The number of amides is 2. The van der Waals surface area contributed by atoms with Gasteiger partial charge in [-0.2, -0.15) is 0 Å². The molecule has 0 aromatic heterocycles. The van der Waals surface area contributed by atoms with Crippen LogP contribution in [0.4, 0.5) is 4.39 Å². The highest BCUT2D eigenvalue weighted by atomic mass is 32.2. The molecule has 0 radical (unpaired) electrons. The van der Waals surface area contributed by atoms with E-state index in [1.54, 1.807) is 18.2 Å². The summed E-state index contributed by atoms with van der Waals surface area (Å²) >= 11 is 1.44. The summed E-state index contributed by atoms with van der Waals surface area (Å²) in [6.07, 6.45) is 0.344. The molecule has 0 aliphatic carbocycles. The van der Waals surface area contributed by atoms with Gasteiger partial charge in [0.25, 0.3) is 0 Å². The zero-order chi connectivity index (χ0) is 18.7. The van der Waals surface area contributed by atoms with Gasteiger partial charge in [-0.05, 0) is 31.9 Å². The second kappa shape index (κ2) is 8.39. The lowest BCUT2D eigenvalue weighted by atomic mass is 10.1. The van der Waals surface area contributed by atoms with E-state index >= 15 is 0 Å².